The van der Waals surface area contributed by atoms with Gasteiger partial charge in [-0.3, -0.25) is 14.5 Å². The predicted molar refractivity (Wildman–Crippen MR) is 134 cm³/mol. The summed E-state index contributed by atoms with van der Waals surface area (Å²) in [6.07, 6.45) is 0. The Morgan fingerprint density at radius 2 is 1.64 bits per heavy atom. The quantitative estimate of drug-likeness (QED) is 0.339. The third kappa shape index (κ3) is 4.89. The molecule has 1 atom stereocenters. The van der Waals surface area contributed by atoms with Crippen LogP contribution in [0.15, 0.2) is 42.0 Å². The monoisotopic (exact) mass is 496 g/mol. The van der Waals surface area contributed by atoms with Crippen LogP contribution in [0.3, 0.4) is 0 Å². The molecule has 0 saturated carbocycles. The Kier molecular flexibility index (Phi) is 7.81. The van der Waals surface area contributed by atoms with Crippen molar-refractivity contribution in [2.45, 2.75) is 13.0 Å². The summed E-state index contributed by atoms with van der Waals surface area (Å²) in [7, 11) is 4.63. The first kappa shape index (κ1) is 25.5. The number of amides is 1. The average Bonchev–Trinajstić information content (AvgIpc) is 3.16. The van der Waals surface area contributed by atoms with Crippen LogP contribution in [0.25, 0.3) is 5.76 Å². The molecule has 9 nitrogen and oxygen atoms in total. The van der Waals surface area contributed by atoms with Crippen LogP contribution in [0.5, 0.6) is 17.2 Å². The normalized spacial score (nSPS) is 20.0. The first-order chi connectivity index (χ1) is 17.4. The number of hydrogen-bond donors (Lipinski definition) is 1. The summed E-state index contributed by atoms with van der Waals surface area (Å²) >= 11 is 0. The number of aliphatic hydroxyl groups is 1. The largest absolute Gasteiger partial charge is 0.507 e. The summed E-state index contributed by atoms with van der Waals surface area (Å²) in [5.74, 6) is 0.0188. The number of ether oxygens (including phenoxy) is 4. The summed E-state index contributed by atoms with van der Waals surface area (Å²) in [4.78, 5) is 30.5. The molecule has 2 aromatic carbocycles. The van der Waals surface area contributed by atoms with Crippen LogP contribution in [0, 0.1) is 6.92 Å². The van der Waals surface area contributed by atoms with Gasteiger partial charge in [0, 0.05) is 37.3 Å². The molecule has 36 heavy (non-hydrogen) atoms. The van der Waals surface area contributed by atoms with E-state index in [1.165, 1.54) is 12.0 Å². The van der Waals surface area contributed by atoms with E-state index in [1.54, 1.807) is 50.6 Å². The van der Waals surface area contributed by atoms with Crippen molar-refractivity contribution >= 4 is 17.4 Å². The van der Waals surface area contributed by atoms with Crippen LogP contribution in [0.4, 0.5) is 0 Å². The molecule has 4 rings (SSSR count). The molecule has 1 unspecified atom stereocenters. The van der Waals surface area contributed by atoms with Crippen molar-refractivity contribution in [2.24, 2.45) is 0 Å². The molecule has 9 heteroatoms. The number of morpholine rings is 1. The zero-order chi connectivity index (χ0) is 25.8. The molecule has 1 amide bonds. The van der Waals surface area contributed by atoms with Crippen LogP contribution < -0.4 is 14.2 Å². The molecule has 2 aliphatic rings. The van der Waals surface area contributed by atoms with Gasteiger partial charge in [0.25, 0.3) is 11.7 Å². The zero-order valence-electron chi connectivity index (χ0n) is 21.1. The average molecular weight is 497 g/mol. The van der Waals surface area contributed by atoms with Gasteiger partial charge in [-0.2, -0.15) is 0 Å². The van der Waals surface area contributed by atoms with Crippen LogP contribution in [0.2, 0.25) is 0 Å². The van der Waals surface area contributed by atoms with Gasteiger partial charge in [-0.15, -0.1) is 0 Å². The van der Waals surface area contributed by atoms with Crippen LogP contribution in [0.1, 0.15) is 22.7 Å². The SMILES string of the molecule is COc1ccc(/C(O)=C2\C(=O)C(=O)N(CCN3CCOCC3)C2c2cc(OC)ccc2OC)c(C)c1. The van der Waals surface area contributed by atoms with Crippen LogP contribution in [-0.2, 0) is 14.3 Å². The van der Waals surface area contributed by atoms with E-state index in [9.17, 15) is 14.7 Å². The second-order valence-electron chi connectivity index (χ2n) is 8.74. The standard InChI is InChI=1S/C27H32N2O7/c1-17-15-18(33-2)5-7-20(17)25(30)23-24(21-16-19(34-3)6-8-22(21)35-4)29(27(32)26(23)31)10-9-28-11-13-36-14-12-28/h5-8,15-16,24,30H,9-14H2,1-4H3/b25-23+. The molecular weight excluding hydrogens is 464 g/mol. The second-order valence-corrected chi connectivity index (χ2v) is 8.74. The van der Waals surface area contributed by atoms with E-state index in [4.69, 9.17) is 18.9 Å². The van der Waals surface area contributed by atoms with E-state index >= 15 is 0 Å². The number of ketones is 1. The molecule has 2 heterocycles. The molecule has 0 aliphatic carbocycles. The molecule has 0 bridgehead atoms. The lowest BCUT2D eigenvalue weighted by atomic mass is 9.93. The summed E-state index contributed by atoms with van der Waals surface area (Å²) in [5, 5.41) is 11.4. The third-order valence-corrected chi connectivity index (χ3v) is 6.72. The second kappa shape index (κ2) is 11.0. The maximum atomic E-state index is 13.4. The van der Waals surface area contributed by atoms with E-state index in [2.05, 4.69) is 4.90 Å². The first-order valence-electron chi connectivity index (χ1n) is 11.8. The topological polar surface area (TPSA) is 97.8 Å². The van der Waals surface area contributed by atoms with Crippen molar-refractivity contribution in [1.82, 2.24) is 9.80 Å². The minimum atomic E-state index is -0.849. The van der Waals surface area contributed by atoms with Gasteiger partial charge >= 0.3 is 0 Å². The number of aryl methyl sites for hydroxylation is 1. The number of methoxy groups -OCH3 is 3. The Labute approximate surface area is 210 Å². The number of hydrogen-bond acceptors (Lipinski definition) is 8. The molecule has 2 saturated heterocycles. The molecule has 0 aromatic heterocycles. The molecule has 192 valence electrons. The molecule has 0 spiro atoms. The van der Waals surface area contributed by atoms with Gasteiger partial charge in [-0.25, -0.2) is 0 Å². The fraction of sp³-hybridized carbons (Fsp3) is 0.407. The Hall–Kier alpha value is -3.56. The van der Waals surface area contributed by atoms with Crippen molar-refractivity contribution in [2.75, 3.05) is 60.7 Å². The zero-order valence-corrected chi connectivity index (χ0v) is 21.1. The molecule has 2 aliphatic heterocycles. The van der Waals surface area contributed by atoms with Crippen molar-refractivity contribution in [3.8, 4) is 17.2 Å². The Balaban J connectivity index is 1.84. The van der Waals surface area contributed by atoms with Gasteiger partial charge in [-0.1, -0.05) is 0 Å². The number of Topliss-reactive ketones (excluding diaryl/α,β-unsaturated/α-hetero) is 1. The first-order valence-corrected chi connectivity index (χ1v) is 11.8. The van der Waals surface area contributed by atoms with Crippen LogP contribution in [-0.4, -0.2) is 87.3 Å². The van der Waals surface area contributed by atoms with Gasteiger partial charge in [0.15, 0.2) is 0 Å². The number of aliphatic hydroxyl groups excluding tert-OH is 1. The predicted octanol–water partition coefficient (Wildman–Crippen LogP) is 2.77. The van der Waals surface area contributed by atoms with E-state index < -0.39 is 17.7 Å². The fourth-order valence-electron chi connectivity index (χ4n) is 4.73. The van der Waals surface area contributed by atoms with Gasteiger partial charge in [0.05, 0.1) is 46.2 Å². The van der Waals surface area contributed by atoms with Crippen molar-refractivity contribution in [3.63, 3.8) is 0 Å². The molecular formula is C27H32N2O7. The van der Waals surface area contributed by atoms with E-state index in [-0.39, 0.29) is 11.3 Å². The lowest BCUT2D eigenvalue weighted by Crippen LogP contribution is -2.42. The maximum Gasteiger partial charge on any atom is 0.295 e. The van der Waals surface area contributed by atoms with Gasteiger partial charge in [0.2, 0.25) is 0 Å². The summed E-state index contributed by atoms with van der Waals surface area (Å²) in [5.41, 5.74) is 1.74. The molecule has 2 aromatic rings. The number of carbonyl (C=O) groups is 2. The van der Waals surface area contributed by atoms with E-state index in [0.717, 1.165) is 13.1 Å². The lowest BCUT2D eigenvalue weighted by Gasteiger charge is -2.31. The van der Waals surface area contributed by atoms with Crippen molar-refractivity contribution < 1.29 is 33.6 Å². The van der Waals surface area contributed by atoms with Gasteiger partial charge < -0.3 is 29.0 Å². The molecule has 0 radical (unpaired) electrons. The lowest BCUT2D eigenvalue weighted by molar-refractivity contribution is -0.140. The Bertz CT molecular complexity index is 1170. The minimum Gasteiger partial charge on any atom is -0.507 e. The highest BCUT2D eigenvalue weighted by Gasteiger charge is 2.47. The number of carbonyl (C=O) groups excluding carboxylic acids is 2. The van der Waals surface area contributed by atoms with Crippen molar-refractivity contribution in [1.29, 1.82) is 0 Å². The number of nitrogens with zero attached hydrogens (tertiary/aromatic N) is 2. The highest BCUT2D eigenvalue weighted by Crippen LogP contribution is 2.44. The summed E-state index contributed by atoms with van der Waals surface area (Å²) in [6.45, 7) is 5.44. The number of likely N-dealkylation sites (tertiary alicyclic amines) is 1. The smallest absolute Gasteiger partial charge is 0.295 e. The molecule has 2 fully saturated rings. The van der Waals surface area contributed by atoms with Crippen molar-refractivity contribution in [3.05, 3.63) is 58.7 Å². The number of rotatable bonds is 8. The fourth-order valence-corrected chi connectivity index (χ4v) is 4.73. The minimum absolute atomic E-state index is 0.0156. The summed E-state index contributed by atoms with van der Waals surface area (Å²) in [6, 6.07) is 9.53. The highest BCUT2D eigenvalue weighted by molar-refractivity contribution is 6.46. The Morgan fingerprint density at radius 1 is 0.972 bits per heavy atom. The summed E-state index contributed by atoms with van der Waals surface area (Å²) < 4.78 is 21.7. The number of benzene rings is 2. The van der Waals surface area contributed by atoms with E-state index in [1.807, 2.05) is 6.92 Å². The van der Waals surface area contributed by atoms with Gasteiger partial charge in [0.1, 0.15) is 23.0 Å². The highest BCUT2D eigenvalue weighted by atomic mass is 16.5. The molecule has 1 N–H and O–H groups in total. The third-order valence-electron chi connectivity index (χ3n) is 6.72. The van der Waals surface area contributed by atoms with E-state index in [0.29, 0.717) is 60.2 Å². The van der Waals surface area contributed by atoms with Crippen LogP contribution >= 0.6 is 0 Å². The Morgan fingerprint density at radius 3 is 2.28 bits per heavy atom. The maximum absolute atomic E-state index is 13.4. The van der Waals surface area contributed by atoms with Gasteiger partial charge in [-0.05, 0) is 48.9 Å².